The summed E-state index contributed by atoms with van der Waals surface area (Å²) in [4.78, 5) is 36.5. The van der Waals surface area contributed by atoms with Crippen molar-refractivity contribution in [1.82, 2.24) is 10.6 Å². The molecule has 0 aromatic heterocycles. The Morgan fingerprint density at radius 2 is 1.70 bits per heavy atom. The molecule has 27 heavy (non-hydrogen) atoms. The Hall–Kier alpha value is -2.57. The zero-order valence-corrected chi connectivity index (χ0v) is 15.7. The van der Waals surface area contributed by atoms with Crippen LogP contribution in [0.15, 0.2) is 42.5 Å². The minimum absolute atomic E-state index is 0.215. The molecule has 3 N–H and O–H groups in total. The van der Waals surface area contributed by atoms with Gasteiger partial charge in [-0.1, -0.05) is 35.3 Å². The number of rotatable bonds is 6. The van der Waals surface area contributed by atoms with E-state index >= 15 is 0 Å². The van der Waals surface area contributed by atoms with Crippen LogP contribution in [0.1, 0.15) is 33.6 Å². The standard InChI is InChI=1S/C19H17Cl2N3O3/c20-14-8-5-11(9-15(14)21)18(26)22-10-17(25)24-16-4-2-1-3-13(16)19(27)23-12-6-7-12/h1-5,8-9,12H,6-7,10H2,(H,22,26)(H,23,27)(H,24,25). The molecule has 0 atom stereocenters. The third-order valence-corrected chi connectivity index (χ3v) is 4.69. The fourth-order valence-corrected chi connectivity index (χ4v) is 2.67. The zero-order valence-electron chi connectivity index (χ0n) is 14.2. The molecule has 0 aliphatic heterocycles. The molecular weight excluding hydrogens is 389 g/mol. The van der Waals surface area contributed by atoms with Gasteiger partial charge in [0.05, 0.1) is 27.8 Å². The maximum atomic E-state index is 12.3. The Morgan fingerprint density at radius 3 is 2.41 bits per heavy atom. The highest BCUT2D eigenvalue weighted by Gasteiger charge is 2.25. The van der Waals surface area contributed by atoms with Gasteiger partial charge in [-0.15, -0.1) is 0 Å². The molecule has 8 heteroatoms. The third kappa shape index (κ3) is 5.21. The Morgan fingerprint density at radius 1 is 0.963 bits per heavy atom. The van der Waals surface area contributed by atoms with Crippen molar-refractivity contribution in [2.45, 2.75) is 18.9 Å². The average Bonchev–Trinajstić information content (AvgIpc) is 3.46. The average molecular weight is 406 g/mol. The molecule has 6 nitrogen and oxygen atoms in total. The van der Waals surface area contributed by atoms with Crippen LogP contribution < -0.4 is 16.0 Å². The number of hydrogen-bond acceptors (Lipinski definition) is 3. The molecule has 0 heterocycles. The molecule has 3 rings (SSSR count). The number of nitrogens with one attached hydrogen (secondary N) is 3. The van der Waals surface area contributed by atoms with Gasteiger partial charge in [0.2, 0.25) is 5.91 Å². The number of para-hydroxylation sites is 1. The van der Waals surface area contributed by atoms with E-state index in [9.17, 15) is 14.4 Å². The van der Waals surface area contributed by atoms with Crippen molar-refractivity contribution in [3.05, 3.63) is 63.6 Å². The molecular formula is C19H17Cl2N3O3. The van der Waals surface area contributed by atoms with Crippen molar-refractivity contribution >= 4 is 46.6 Å². The summed E-state index contributed by atoms with van der Waals surface area (Å²) in [6.07, 6.45) is 1.95. The second-order valence-electron chi connectivity index (χ2n) is 6.15. The highest BCUT2D eigenvalue weighted by atomic mass is 35.5. The Kier molecular flexibility index (Phi) is 5.98. The molecule has 0 saturated heterocycles. The van der Waals surface area contributed by atoms with Crippen molar-refractivity contribution in [2.24, 2.45) is 0 Å². The fourth-order valence-electron chi connectivity index (χ4n) is 2.38. The summed E-state index contributed by atoms with van der Waals surface area (Å²) in [6.45, 7) is -0.252. The molecule has 2 aromatic rings. The summed E-state index contributed by atoms with van der Waals surface area (Å²) in [6, 6.07) is 11.4. The predicted octanol–water partition coefficient (Wildman–Crippen LogP) is 3.25. The topological polar surface area (TPSA) is 87.3 Å². The van der Waals surface area contributed by atoms with E-state index in [4.69, 9.17) is 23.2 Å². The second-order valence-corrected chi connectivity index (χ2v) is 6.97. The van der Waals surface area contributed by atoms with E-state index < -0.39 is 11.8 Å². The van der Waals surface area contributed by atoms with Gasteiger partial charge < -0.3 is 16.0 Å². The van der Waals surface area contributed by atoms with Crippen LogP contribution in [-0.4, -0.2) is 30.3 Å². The van der Waals surface area contributed by atoms with Crippen molar-refractivity contribution in [1.29, 1.82) is 0 Å². The Balaban J connectivity index is 1.58. The van der Waals surface area contributed by atoms with Gasteiger partial charge >= 0.3 is 0 Å². The SMILES string of the molecule is O=C(CNC(=O)c1ccc(Cl)c(Cl)c1)Nc1ccccc1C(=O)NC1CC1. The number of carbonyl (C=O) groups excluding carboxylic acids is 3. The number of hydrogen-bond donors (Lipinski definition) is 3. The summed E-state index contributed by atoms with van der Waals surface area (Å²) in [5.41, 5.74) is 1.07. The number of anilines is 1. The maximum Gasteiger partial charge on any atom is 0.253 e. The van der Waals surface area contributed by atoms with Gasteiger partial charge in [0.15, 0.2) is 0 Å². The largest absolute Gasteiger partial charge is 0.349 e. The quantitative estimate of drug-likeness (QED) is 0.688. The first kappa shape index (κ1) is 19.2. The molecule has 0 unspecified atom stereocenters. The van der Waals surface area contributed by atoms with Gasteiger partial charge in [0, 0.05) is 11.6 Å². The lowest BCUT2D eigenvalue weighted by molar-refractivity contribution is -0.115. The monoisotopic (exact) mass is 405 g/mol. The minimum atomic E-state index is -0.455. The van der Waals surface area contributed by atoms with Crippen molar-refractivity contribution in [3.63, 3.8) is 0 Å². The lowest BCUT2D eigenvalue weighted by Gasteiger charge is -2.12. The van der Waals surface area contributed by atoms with Crippen LogP contribution in [0.3, 0.4) is 0 Å². The number of carbonyl (C=O) groups is 3. The van der Waals surface area contributed by atoms with Crippen LogP contribution in [0, 0.1) is 0 Å². The summed E-state index contributed by atoms with van der Waals surface area (Å²) in [5.74, 6) is -1.13. The zero-order chi connectivity index (χ0) is 19.4. The van der Waals surface area contributed by atoms with Crippen LogP contribution in [-0.2, 0) is 4.79 Å². The summed E-state index contributed by atoms with van der Waals surface area (Å²) in [7, 11) is 0. The van der Waals surface area contributed by atoms with E-state index in [2.05, 4.69) is 16.0 Å². The summed E-state index contributed by atoms with van der Waals surface area (Å²) in [5, 5.41) is 8.63. The number of halogens is 2. The molecule has 0 radical (unpaired) electrons. The smallest absolute Gasteiger partial charge is 0.253 e. The van der Waals surface area contributed by atoms with E-state index in [-0.39, 0.29) is 23.5 Å². The Labute approximate surface area is 166 Å². The normalized spacial score (nSPS) is 13.0. The lowest BCUT2D eigenvalue weighted by Crippen LogP contribution is -2.33. The van der Waals surface area contributed by atoms with Gasteiger partial charge in [0.1, 0.15) is 0 Å². The summed E-state index contributed by atoms with van der Waals surface area (Å²) >= 11 is 11.7. The first-order valence-corrected chi connectivity index (χ1v) is 9.12. The van der Waals surface area contributed by atoms with Crippen molar-refractivity contribution in [3.8, 4) is 0 Å². The lowest BCUT2D eigenvalue weighted by atomic mass is 10.1. The molecule has 1 saturated carbocycles. The molecule has 140 valence electrons. The van der Waals surface area contributed by atoms with E-state index in [0.29, 0.717) is 21.8 Å². The van der Waals surface area contributed by atoms with Crippen LogP contribution in [0.4, 0.5) is 5.69 Å². The van der Waals surface area contributed by atoms with Gasteiger partial charge in [-0.2, -0.15) is 0 Å². The first-order valence-electron chi connectivity index (χ1n) is 8.37. The number of benzene rings is 2. The molecule has 0 spiro atoms. The van der Waals surface area contributed by atoms with E-state index in [0.717, 1.165) is 12.8 Å². The fraction of sp³-hybridized carbons (Fsp3) is 0.211. The van der Waals surface area contributed by atoms with Gasteiger partial charge in [-0.05, 0) is 43.2 Å². The van der Waals surface area contributed by atoms with Crippen LogP contribution in [0.25, 0.3) is 0 Å². The van der Waals surface area contributed by atoms with E-state index in [1.165, 1.54) is 18.2 Å². The third-order valence-electron chi connectivity index (χ3n) is 3.95. The second kappa shape index (κ2) is 8.41. The van der Waals surface area contributed by atoms with E-state index in [1.54, 1.807) is 24.3 Å². The maximum absolute atomic E-state index is 12.3. The van der Waals surface area contributed by atoms with E-state index in [1.807, 2.05) is 0 Å². The molecule has 2 aromatic carbocycles. The molecule has 1 aliphatic carbocycles. The minimum Gasteiger partial charge on any atom is -0.349 e. The van der Waals surface area contributed by atoms with Gasteiger partial charge in [0.25, 0.3) is 11.8 Å². The number of amides is 3. The molecule has 1 aliphatic rings. The molecule has 1 fully saturated rings. The molecule has 0 bridgehead atoms. The van der Waals surface area contributed by atoms with Crippen LogP contribution in [0.2, 0.25) is 10.0 Å². The van der Waals surface area contributed by atoms with Crippen LogP contribution >= 0.6 is 23.2 Å². The Bertz CT molecular complexity index is 898. The van der Waals surface area contributed by atoms with Gasteiger partial charge in [-0.3, -0.25) is 14.4 Å². The van der Waals surface area contributed by atoms with Gasteiger partial charge in [-0.25, -0.2) is 0 Å². The van der Waals surface area contributed by atoms with Crippen molar-refractivity contribution < 1.29 is 14.4 Å². The summed E-state index contributed by atoms with van der Waals surface area (Å²) < 4.78 is 0. The van der Waals surface area contributed by atoms with Crippen LogP contribution in [0.5, 0.6) is 0 Å². The highest BCUT2D eigenvalue weighted by molar-refractivity contribution is 6.42. The van der Waals surface area contributed by atoms with Crippen molar-refractivity contribution in [2.75, 3.05) is 11.9 Å². The predicted molar refractivity (Wildman–Crippen MR) is 104 cm³/mol. The molecule has 3 amide bonds. The first-order chi connectivity index (χ1) is 12.9. The highest BCUT2D eigenvalue weighted by Crippen LogP contribution is 2.23.